The number of rotatable bonds is 11. The molecule has 4 aromatic rings. The third-order valence-electron chi connectivity index (χ3n) is 8.36. The Morgan fingerprint density at radius 2 is 1.42 bits per heavy atom. The van der Waals surface area contributed by atoms with Crippen molar-refractivity contribution in [1.29, 1.82) is 0 Å². The van der Waals surface area contributed by atoms with Crippen LogP contribution in [0, 0.1) is 6.92 Å². The number of esters is 1. The largest absolute Gasteiger partial charge is 0.463 e. The number of hydrogen-bond acceptors (Lipinski definition) is 4. The summed E-state index contributed by atoms with van der Waals surface area (Å²) >= 11 is 0. The first-order valence-electron chi connectivity index (χ1n) is 15.5. The highest BCUT2D eigenvalue weighted by atomic mass is 16.5. The monoisotopic (exact) mass is 600 g/mol. The maximum Gasteiger partial charge on any atom is 0.336 e. The summed E-state index contributed by atoms with van der Waals surface area (Å²) in [5, 5.41) is 0. The highest BCUT2D eigenvalue weighted by Crippen LogP contribution is 2.38. The molecule has 0 radical (unpaired) electrons. The van der Waals surface area contributed by atoms with Crippen LogP contribution in [0.3, 0.4) is 0 Å². The SMILES string of the molecule is CCOC(=O)C1=C(C)N(Cc2ccc(C(=O)N(CCc3ccccc3)Cc3ccccc3)cc2)C(=O)CC1c1ccc(C)cc1. The summed E-state index contributed by atoms with van der Waals surface area (Å²) in [5.41, 5.74) is 6.87. The Balaban J connectivity index is 1.35. The minimum absolute atomic E-state index is 0.0444. The van der Waals surface area contributed by atoms with Crippen LogP contribution in [0.25, 0.3) is 0 Å². The molecule has 0 fully saturated rings. The molecule has 0 saturated heterocycles. The fourth-order valence-electron chi connectivity index (χ4n) is 5.84. The number of aryl methyl sites for hydroxylation is 1. The smallest absolute Gasteiger partial charge is 0.336 e. The van der Waals surface area contributed by atoms with Gasteiger partial charge in [-0.05, 0) is 61.6 Å². The topological polar surface area (TPSA) is 66.9 Å². The van der Waals surface area contributed by atoms with Crippen LogP contribution in [0.4, 0.5) is 0 Å². The maximum atomic E-state index is 13.7. The second-order valence-electron chi connectivity index (χ2n) is 11.5. The van der Waals surface area contributed by atoms with Crippen molar-refractivity contribution in [3.63, 3.8) is 0 Å². The van der Waals surface area contributed by atoms with Crippen molar-refractivity contribution in [3.8, 4) is 0 Å². The molecule has 0 aliphatic carbocycles. The van der Waals surface area contributed by atoms with Crippen molar-refractivity contribution < 1.29 is 19.1 Å². The molecule has 1 aliphatic rings. The lowest BCUT2D eigenvalue weighted by atomic mass is 9.83. The van der Waals surface area contributed by atoms with Gasteiger partial charge in [0.1, 0.15) is 0 Å². The van der Waals surface area contributed by atoms with Crippen LogP contribution in [-0.4, -0.2) is 40.7 Å². The zero-order valence-corrected chi connectivity index (χ0v) is 26.2. The van der Waals surface area contributed by atoms with Gasteiger partial charge in [-0.15, -0.1) is 0 Å². The van der Waals surface area contributed by atoms with Crippen molar-refractivity contribution in [3.05, 3.63) is 154 Å². The summed E-state index contributed by atoms with van der Waals surface area (Å²) in [7, 11) is 0. The number of ether oxygens (including phenoxy) is 1. The van der Waals surface area contributed by atoms with Gasteiger partial charge < -0.3 is 14.5 Å². The van der Waals surface area contributed by atoms with Crippen LogP contribution in [0.15, 0.2) is 120 Å². The van der Waals surface area contributed by atoms with Gasteiger partial charge in [0.25, 0.3) is 5.91 Å². The minimum Gasteiger partial charge on any atom is -0.463 e. The summed E-state index contributed by atoms with van der Waals surface area (Å²) in [6.45, 7) is 7.26. The number of nitrogens with zero attached hydrogens (tertiary/aromatic N) is 2. The van der Waals surface area contributed by atoms with Crippen molar-refractivity contribution in [1.82, 2.24) is 9.80 Å². The van der Waals surface area contributed by atoms with Crippen molar-refractivity contribution in [2.75, 3.05) is 13.2 Å². The summed E-state index contributed by atoms with van der Waals surface area (Å²) in [4.78, 5) is 43.9. The van der Waals surface area contributed by atoms with Gasteiger partial charge in [0.05, 0.1) is 18.7 Å². The first-order chi connectivity index (χ1) is 21.8. The van der Waals surface area contributed by atoms with Gasteiger partial charge in [0.15, 0.2) is 0 Å². The Labute approximate surface area is 265 Å². The van der Waals surface area contributed by atoms with E-state index in [-0.39, 0.29) is 30.8 Å². The lowest BCUT2D eigenvalue weighted by molar-refractivity contribution is -0.140. The third-order valence-corrected chi connectivity index (χ3v) is 8.36. The molecule has 0 saturated carbocycles. The number of carbonyl (C=O) groups is 3. The van der Waals surface area contributed by atoms with Crippen LogP contribution >= 0.6 is 0 Å². The van der Waals surface area contributed by atoms with Gasteiger partial charge in [-0.3, -0.25) is 9.59 Å². The predicted molar refractivity (Wildman–Crippen MR) is 176 cm³/mol. The highest BCUT2D eigenvalue weighted by Gasteiger charge is 2.37. The molecule has 0 aromatic heterocycles. The van der Waals surface area contributed by atoms with E-state index in [1.165, 1.54) is 5.56 Å². The van der Waals surface area contributed by atoms with Gasteiger partial charge in [0.2, 0.25) is 5.91 Å². The van der Waals surface area contributed by atoms with Gasteiger partial charge in [0, 0.05) is 36.7 Å². The molecule has 4 aromatic carbocycles. The average Bonchev–Trinajstić information content (AvgIpc) is 3.06. The molecule has 6 heteroatoms. The fraction of sp³-hybridized carbons (Fsp3) is 0.256. The van der Waals surface area contributed by atoms with E-state index in [0.717, 1.165) is 28.7 Å². The summed E-state index contributed by atoms with van der Waals surface area (Å²) in [5.74, 6) is -0.855. The zero-order valence-electron chi connectivity index (χ0n) is 26.2. The zero-order chi connectivity index (χ0) is 31.8. The quantitative estimate of drug-likeness (QED) is 0.170. The Kier molecular flexibility index (Phi) is 10.3. The molecule has 0 spiro atoms. The molecule has 0 bridgehead atoms. The Morgan fingerprint density at radius 3 is 2.04 bits per heavy atom. The molecule has 45 heavy (non-hydrogen) atoms. The van der Waals surface area contributed by atoms with Crippen LogP contribution in [0.1, 0.15) is 64.4 Å². The molecule has 5 rings (SSSR count). The van der Waals surface area contributed by atoms with Gasteiger partial charge in [-0.2, -0.15) is 0 Å². The molecule has 1 atom stereocenters. The fourth-order valence-corrected chi connectivity index (χ4v) is 5.84. The number of benzene rings is 4. The van der Waals surface area contributed by atoms with Crippen LogP contribution < -0.4 is 0 Å². The lowest BCUT2D eigenvalue weighted by Gasteiger charge is -2.34. The summed E-state index contributed by atoms with van der Waals surface area (Å²) < 4.78 is 5.44. The van der Waals surface area contributed by atoms with Gasteiger partial charge in [-0.25, -0.2) is 4.79 Å². The molecular formula is C39H40N2O4. The first kappa shape index (κ1) is 31.5. The molecule has 6 nitrogen and oxygen atoms in total. The molecule has 230 valence electrons. The van der Waals surface area contributed by atoms with Crippen molar-refractivity contribution in [2.45, 2.75) is 52.6 Å². The van der Waals surface area contributed by atoms with E-state index >= 15 is 0 Å². The van der Waals surface area contributed by atoms with Crippen molar-refractivity contribution >= 4 is 17.8 Å². The Hall–Kier alpha value is -4.97. The van der Waals surface area contributed by atoms with Crippen LogP contribution in [0.2, 0.25) is 0 Å². The van der Waals surface area contributed by atoms with E-state index in [0.29, 0.717) is 36.5 Å². The van der Waals surface area contributed by atoms with E-state index in [1.54, 1.807) is 11.8 Å². The maximum absolute atomic E-state index is 13.7. The van der Waals surface area contributed by atoms with E-state index in [2.05, 4.69) is 12.1 Å². The van der Waals surface area contributed by atoms with Gasteiger partial charge >= 0.3 is 5.97 Å². The van der Waals surface area contributed by atoms with E-state index < -0.39 is 5.97 Å². The summed E-state index contributed by atoms with van der Waals surface area (Å²) in [6.07, 6.45) is 0.938. The van der Waals surface area contributed by atoms with Crippen molar-refractivity contribution in [2.24, 2.45) is 0 Å². The molecule has 1 aliphatic heterocycles. The standard InChI is InChI=1S/C39H40N2O4/c1-4-45-39(44)37-29(3)41(36(42)25-35(37)33-19-15-28(2)16-20-33)27-32-17-21-34(22-18-32)38(43)40(26-31-13-9-6-10-14-31)24-23-30-11-7-5-8-12-30/h5-22,35H,4,23-27H2,1-3H3. The second kappa shape index (κ2) is 14.7. The number of hydrogen-bond donors (Lipinski definition) is 0. The number of amides is 2. The molecular weight excluding hydrogens is 560 g/mol. The predicted octanol–water partition coefficient (Wildman–Crippen LogP) is 7.23. The third kappa shape index (κ3) is 7.76. The second-order valence-corrected chi connectivity index (χ2v) is 11.5. The molecule has 2 amide bonds. The van der Waals surface area contributed by atoms with Crippen LogP contribution in [0.5, 0.6) is 0 Å². The first-order valence-corrected chi connectivity index (χ1v) is 15.5. The Bertz CT molecular complexity index is 1650. The number of allylic oxidation sites excluding steroid dienone is 1. The normalized spacial score (nSPS) is 14.8. The lowest BCUT2D eigenvalue weighted by Crippen LogP contribution is -2.38. The number of carbonyl (C=O) groups excluding carboxylic acids is 3. The van der Waals surface area contributed by atoms with Crippen LogP contribution in [-0.2, 0) is 33.8 Å². The molecule has 0 N–H and O–H groups in total. The van der Waals surface area contributed by atoms with E-state index in [1.807, 2.05) is 116 Å². The average molecular weight is 601 g/mol. The highest BCUT2D eigenvalue weighted by molar-refractivity contribution is 5.96. The van der Waals surface area contributed by atoms with E-state index in [4.69, 9.17) is 4.74 Å². The van der Waals surface area contributed by atoms with E-state index in [9.17, 15) is 14.4 Å². The van der Waals surface area contributed by atoms with Gasteiger partial charge in [-0.1, -0.05) is 103 Å². The molecule has 1 unspecified atom stereocenters. The Morgan fingerprint density at radius 1 is 0.800 bits per heavy atom. The summed E-state index contributed by atoms with van der Waals surface area (Å²) in [6, 6.07) is 35.6. The molecule has 1 heterocycles. The minimum atomic E-state index is -0.395.